The Balaban J connectivity index is 1.70. The highest BCUT2D eigenvalue weighted by Crippen LogP contribution is 2.29. The molecule has 0 saturated heterocycles. The molecule has 23 heavy (non-hydrogen) atoms. The van der Waals surface area contributed by atoms with Gasteiger partial charge in [-0.15, -0.1) is 0 Å². The van der Waals surface area contributed by atoms with E-state index in [4.69, 9.17) is 5.73 Å². The van der Waals surface area contributed by atoms with Gasteiger partial charge in [-0.25, -0.2) is 8.78 Å². The van der Waals surface area contributed by atoms with E-state index in [1.54, 1.807) is 0 Å². The van der Waals surface area contributed by atoms with Crippen molar-refractivity contribution < 1.29 is 8.78 Å². The molecule has 0 radical (unpaired) electrons. The maximum atomic E-state index is 12.8. The molecule has 6 nitrogen and oxygen atoms in total. The summed E-state index contributed by atoms with van der Waals surface area (Å²) in [5.41, 5.74) is 8.91. The zero-order valence-corrected chi connectivity index (χ0v) is 12.1. The SMILES string of the molecule is Nc1nc(C(F)F)nc(N2CCc3c([nH]c4ccccc34)C2)n1. The highest BCUT2D eigenvalue weighted by molar-refractivity contribution is 5.85. The largest absolute Gasteiger partial charge is 0.368 e. The molecule has 0 atom stereocenters. The summed E-state index contributed by atoms with van der Waals surface area (Å²) in [6, 6.07) is 8.08. The molecule has 8 heteroatoms. The molecule has 0 spiro atoms. The molecule has 1 aromatic carbocycles. The lowest BCUT2D eigenvalue weighted by atomic mass is 10.0. The zero-order chi connectivity index (χ0) is 16.0. The third-order valence-corrected chi connectivity index (χ3v) is 4.02. The second-order valence-electron chi connectivity index (χ2n) is 5.45. The number of nitrogens with two attached hydrogens (primary N) is 1. The molecule has 0 fully saturated rings. The van der Waals surface area contributed by atoms with Gasteiger partial charge in [0.15, 0.2) is 0 Å². The molecule has 0 saturated carbocycles. The quantitative estimate of drug-likeness (QED) is 0.758. The molecule has 0 bridgehead atoms. The summed E-state index contributed by atoms with van der Waals surface area (Å²) < 4.78 is 25.7. The van der Waals surface area contributed by atoms with Crippen LogP contribution in [-0.4, -0.2) is 26.5 Å². The monoisotopic (exact) mass is 316 g/mol. The van der Waals surface area contributed by atoms with E-state index in [0.717, 1.165) is 17.6 Å². The Kier molecular flexibility index (Phi) is 3.10. The number of hydrogen-bond donors (Lipinski definition) is 2. The number of nitrogens with zero attached hydrogens (tertiary/aromatic N) is 4. The van der Waals surface area contributed by atoms with Crippen LogP contribution < -0.4 is 10.6 Å². The van der Waals surface area contributed by atoms with Gasteiger partial charge in [-0.2, -0.15) is 15.0 Å². The number of para-hydroxylation sites is 1. The molecule has 0 aliphatic carbocycles. The van der Waals surface area contributed by atoms with Crippen LogP contribution in [0.15, 0.2) is 24.3 Å². The maximum Gasteiger partial charge on any atom is 0.297 e. The number of aromatic amines is 1. The van der Waals surface area contributed by atoms with Gasteiger partial charge in [0.1, 0.15) is 0 Å². The Morgan fingerprint density at radius 2 is 2.00 bits per heavy atom. The average molecular weight is 316 g/mol. The molecule has 118 valence electrons. The molecule has 1 aliphatic heterocycles. The zero-order valence-electron chi connectivity index (χ0n) is 12.1. The first-order chi connectivity index (χ1) is 11.1. The smallest absolute Gasteiger partial charge is 0.297 e. The Morgan fingerprint density at radius 1 is 1.17 bits per heavy atom. The van der Waals surface area contributed by atoms with E-state index >= 15 is 0 Å². The number of halogens is 2. The second-order valence-corrected chi connectivity index (χ2v) is 5.45. The van der Waals surface area contributed by atoms with E-state index in [-0.39, 0.29) is 11.9 Å². The summed E-state index contributed by atoms with van der Waals surface area (Å²) >= 11 is 0. The molecular weight excluding hydrogens is 302 g/mol. The van der Waals surface area contributed by atoms with Gasteiger partial charge >= 0.3 is 0 Å². The summed E-state index contributed by atoms with van der Waals surface area (Å²) in [5, 5.41) is 1.20. The number of nitrogen functional groups attached to an aromatic ring is 1. The van der Waals surface area contributed by atoms with Crippen LogP contribution in [0.2, 0.25) is 0 Å². The Hall–Kier alpha value is -2.77. The summed E-state index contributed by atoms with van der Waals surface area (Å²) in [6.07, 6.45) is -1.98. The van der Waals surface area contributed by atoms with Crippen molar-refractivity contribution in [2.45, 2.75) is 19.4 Å². The fourth-order valence-corrected chi connectivity index (χ4v) is 3.00. The van der Waals surface area contributed by atoms with Gasteiger partial charge in [0, 0.05) is 23.1 Å². The van der Waals surface area contributed by atoms with Crippen LogP contribution in [0, 0.1) is 0 Å². The third kappa shape index (κ3) is 2.36. The molecule has 3 aromatic rings. The molecule has 0 amide bonds. The molecule has 0 unspecified atom stereocenters. The van der Waals surface area contributed by atoms with Crippen molar-refractivity contribution in [2.24, 2.45) is 0 Å². The van der Waals surface area contributed by atoms with E-state index in [0.29, 0.717) is 13.1 Å². The molecular formula is C15H14F2N6. The van der Waals surface area contributed by atoms with Crippen LogP contribution in [0.4, 0.5) is 20.7 Å². The number of rotatable bonds is 2. The van der Waals surface area contributed by atoms with Gasteiger partial charge in [-0.1, -0.05) is 18.2 Å². The van der Waals surface area contributed by atoms with Crippen molar-refractivity contribution in [3.05, 3.63) is 41.3 Å². The lowest BCUT2D eigenvalue weighted by Gasteiger charge is -2.27. The van der Waals surface area contributed by atoms with Crippen LogP contribution in [0.5, 0.6) is 0 Å². The van der Waals surface area contributed by atoms with Crippen molar-refractivity contribution in [1.29, 1.82) is 0 Å². The summed E-state index contributed by atoms with van der Waals surface area (Å²) in [5.74, 6) is -0.584. The minimum atomic E-state index is -2.77. The summed E-state index contributed by atoms with van der Waals surface area (Å²) in [7, 11) is 0. The number of H-pyrrole nitrogens is 1. The number of nitrogens with one attached hydrogen (secondary N) is 1. The van der Waals surface area contributed by atoms with Crippen molar-refractivity contribution in [3.63, 3.8) is 0 Å². The van der Waals surface area contributed by atoms with Crippen molar-refractivity contribution in [1.82, 2.24) is 19.9 Å². The van der Waals surface area contributed by atoms with Crippen molar-refractivity contribution >= 4 is 22.8 Å². The average Bonchev–Trinajstić information content (AvgIpc) is 2.91. The highest BCUT2D eigenvalue weighted by atomic mass is 19.3. The van der Waals surface area contributed by atoms with Gasteiger partial charge in [0.25, 0.3) is 6.43 Å². The number of benzene rings is 1. The Morgan fingerprint density at radius 3 is 2.83 bits per heavy atom. The fourth-order valence-electron chi connectivity index (χ4n) is 3.00. The normalized spacial score (nSPS) is 14.5. The minimum absolute atomic E-state index is 0.187. The minimum Gasteiger partial charge on any atom is -0.368 e. The number of anilines is 2. The van der Waals surface area contributed by atoms with Gasteiger partial charge in [0.05, 0.1) is 6.54 Å². The van der Waals surface area contributed by atoms with Crippen molar-refractivity contribution in [2.75, 3.05) is 17.2 Å². The summed E-state index contributed by atoms with van der Waals surface area (Å²) in [6.45, 7) is 1.16. The predicted octanol–water partition coefficient (Wildman–Crippen LogP) is 2.44. The molecule has 2 aromatic heterocycles. The van der Waals surface area contributed by atoms with Gasteiger partial charge in [0.2, 0.25) is 17.7 Å². The molecule has 3 heterocycles. The summed E-state index contributed by atoms with van der Waals surface area (Å²) in [4.78, 5) is 16.5. The number of fused-ring (bicyclic) bond motifs is 3. The molecule has 4 rings (SSSR count). The van der Waals surface area contributed by atoms with E-state index in [1.807, 2.05) is 23.1 Å². The number of aromatic nitrogens is 4. The van der Waals surface area contributed by atoms with Gasteiger partial charge in [-0.3, -0.25) is 0 Å². The molecule has 1 aliphatic rings. The number of alkyl halides is 2. The van der Waals surface area contributed by atoms with Crippen LogP contribution in [-0.2, 0) is 13.0 Å². The van der Waals surface area contributed by atoms with E-state index in [9.17, 15) is 8.78 Å². The van der Waals surface area contributed by atoms with Gasteiger partial charge in [-0.05, 0) is 18.1 Å². The predicted molar refractivity (Wildman–Crippen MR) is 82.2 cm³/mol. The third-order valence-electron chi connectivity index (χ3n) is 4.02. The second kappa shape index (κ2) is 5.15. The van der Waals surface area contributed by atoms with Crippen LogP contribution in [0.25, 0.3) is 10.9 Å². The Bertz CT molecular complexity index is 876. The lowest BCUT2D eigenvalue weighted by molar-refractivity contribution is 0.140. The van der Waals surface area contributed by atoms with Gasteiger partial charge < -0.3 is 15.6 Å². The number of hydrogen-bond acceptors (Lipinski definition) is 5. The standard InChI is InChI=1S/C15H14F2N6/c16-12(17)13-20-14(18)22-15(21-13)23-6-5-9-8-3-1-2-4-10(8)19-11(9)7-23/h1-4,12,19H,5-7H2,(H2,18,20,21,22). The topological polar surface area (TPSA) is 83.7 Å². The van der Waals surface area contributed by atoms with E-state index in [2.05, 4.69) is 26.0 Å². The maximum absolute atomic E-state index is 12.8. The van der Waals surface area contributed by atoms with Crippen LogP contribution >= 0.6 is 0 Å². The van der Waals surface area contributed by atoms with Crippen LogP contribution in [0.3, 0.4) is 0 Å². The van der Waals surface area contributed by atoms with E-state index < -0.39 is 12.2 Å². The first-order valence-electron chi connectivity index (χ1n) is 7.25. The Labute approximate surface area is 130 Å². The van der Waals surface area contributed by atoms with E-state index in [1.165, 1.54) is 10.9 Å². The lowest BCUT2D eigenvalue weighted by Crippen LogP contribution is -2.32. The fraction of sp³-hybridized carbons (Fsp3) is 0.267. The van der Waals surface area contributed by atoms with Crippen molar-refractivity contribution in [3.8, 4) is 0 Å². The molecule has 3 N–H and O–H groups in total. The first kappa shape index (κ1) is 13.9. The highest BCUT2D eigenvalue weighted by Gasteiger charge is 2.24. The van der Waals surface area contributed by atoms with Crippen LogP contribution in [0.1, 0.15) is 23.5 Å². The first-order valence-corrected chi connectivity index (χ1v) is 7.25.